The Kier molecular flexibility index (Phi) is 5.19. The molecular weight excluding hydrogens is 411 g/mol. The van der Waals surface area contributed by atoms with Gasteiger partial charge in [0.1, 0.15) is 11.6 Å². The fourth-order valence-electron chi connectivity index (χ4n) is 4.20. The number of imidazole rings is 1. The van der Waals surface area contributed by atoms with Crippen molar-refractivity contribution in [3.63, 3.8) is 0 Å². The number of para-hydroxylation sites is 1. The average Bonchev–Trinajstić information content (AvgIpc) is 3.39. The lowest BCUT2D eigenvalue weighted by molar-refractivity contribution is 0.405. The second-order valence-electron chi connectivity index (χ2n) is 7.73. The Hall–Kier alpha value is -3.19. The topological polar surface area (TPSA) is 52.0 Å². The summed E-state index contributed by atoms with van der Waals surface area (Å²) in [4.78, 5) is 10.4. The summed E-state index contributed by atoms with van der Waals surface area (Å²) in [6, 6.07) is 13.3. The van der Waals surface area contributed by atoms with Crippen LogP contribution >= 0.6 is 11.3 Å². The molecule has 0 radical (unpaired) electrons. The van der Waals surface area contributed by atoms with Gasteiger partial charge in [-0.1, -0.05) is 18.2 Å². The number of aromatic nitrogens is 3. The molecule has 158 valence electrons. The number of aryl methyl sites for hydroxylation is 2. The molecule has 1 N–H and O–H groups in total. The summed E-state index contributed by atoms with van der Waals surface area (Å²) in [5, 5.41) is 4.09. The summed E-state index contributed by atoms with van der Waals surface area (Å²) in [7, 11) is 1.71. The van der Waals surface area contributed by atoms with Crippen LogP contribution in [0.3, 0.4) is 0 Å². The molecule has 2 heterocycles. The number of rotatable bonds is 5. The van der Waals surface area contributed by atoms with Gasteiger partial charge in [-0.05, 0) is 50.5 Å². The fraction of sp³-hybridized carbons (Fsp3) is 0.250. The van der Waals surface area contributed by atoms with Crippen molar-refractivity contribution in [2.45, 2.75) is 32.1 Å². The largest absolute Gasteiger partial charge is 0.496 e. The van der Waals surface area contributed by atoms with Crippen molar-refractivity contribution in [3.8, 4) is 11.4 Å². The molecule has 0 saturated carbocycles. The number of benzene rings is 2. The molecule has 0 bridgehead atoms. The standard InChI is InChI=1S/C24H23FN4OS/c1-15-13-29(14-26-15)20-11-10-16(12-19(20)25)27-24-28-23-18(7-5-9-22(23)31-24)17-6-3-4-8-21(17)30-2/h3-4,6,8,10-14,18H,5,7,9H2,1-2H3,(H,27,28). The highest BCUT2D eigenvalue weighted by Gasteiger charge is 2.28. The van der Waals surface area contributed by atoms with Crippen LogP contribution in [0.1, 0.15) is 40.6 Å². The first-order valence-corrected chi connectivity index (χ1v) is 11.1. The molecule has 2 aromatic carbocycles. The number of fused-ring (bicyclic) bond motifs is 1. The van der Waals surface area contributed by atoms with E-state index in [1.807, 2.05) is 31.2 Å². The molecule has 0 aliphatic heterocycles. The third-order valence-corrected chi connectivity index (χ3v) is 6.70. The predicted octanol–water partition coefficient (Wildman–Crippen LogP) is 6.00. The number of ether oxygens (including phenoxy) is 1. The van der Waals surface area contributed by atoms with Gasteiger partial charge in [-0.3, -0.25) is 0 Å². The molecule has 2 aromatic heterocycles. The number of nitrogens with one attached hydrogen (secondary N) is 1. The van der Waals surface area contributed by atoms with Crippen LogP contribution in [0.2, 0.25) is 0 Å². The molecule has 5 nitrogen and oxygen atoms in total. The van der Waals surface area contributed by atoms with Gasteiger partial charge in [0.2, 0.25) is 0 Å². The first-order chi connectivity index (χ1) is 15.1. The number of hydrogen-bond acceptors (Lipinski definition) is 5. The van der Waals surface area contributed by atoms with Crippen LogP contribution in [0.4, 0.5) is 15.2 Å². The third kappa shape index (κ3) is 3.81. The van der Waals surface area contributed by atoms with Crippen LogP contribution in [0.25, 0.3) is 5.69 Å². The van der Waals surface area contributed by atoms with Crippen molar-refractivity contribution < 1.29 is 9.13 Å². The highest BCUT2D eigenvalue weighted by molar-refractivity contribution is 7.15. The monoisotopic (exact) mass is 434 g/mol. The zero-order valence-electron chi connectivity index (χ0n) is 17.4. The summed E-state index contributed by atoms with van der Waals surface area (Å²) in [5.74, 6) is 0.807. The lowest BCUT2D eigenvalue weighted by atomic mass is 9.85. The van der Waals surface area contributed by atoms with Gasteiger partial charge < -0.3 is 14.6 Å². The minimum atomic E-state index is -0.310. The van der Waals surface area contributed by atoms with E-state index in [0.29, 0.717) is 11.4 Å². The van der Waals surface area contributed by atoms with Crippen molar-refractivity contribution in [2.24, 2.45) is 0 Å². The number of hydrogen-bond donors (Lipinski definition) is 1. The molecule has 0 saturated heterocycles. The van der Waals surface area contributed by atoms with E-state index in [9.17, 15) is 4.39 Å². The lowest BCUT2D eigenvalue weighted by Crippen LogP contribution is -2.11. The Balaban J connectivity index is 1.42. The normalized spacial score (nSPS) is 15.5. The zero-order chi connectivity index (χ0) is 21.4. The molecule has 5 rings (SSSR count). The maximum Gasteiger partial charge on any atom is 0.187 e. The van der Waals surface area contributed by atoms with E-state index in [-0.39, 0.29) is 11.7 Å². The van der Waals surface area contributed by atoms with Crippen molar-refractivity contribution in [1.82, 2.24) is 14.5 Å². The van der Waals surface area contributed by atoms with E-state index in [0.717, 1.165) is 41.5 Å². The molecule has 0 fully saturated rings. The van der Waals surface area contributed by atoms with Crippen LogP contribution in [-0.2, 0) is 6.42 Å². The van der Waals surface area contributed by atoms with Gasteiger partial charge in [0, 0.05) is 28.2 Å². The summed E-state index contributed by atoms with van der Waals surface area (Å²) in [5.41, 5.74) is 4.28. The molecular formula is C24H23FN4OS. The van der Waals surface area contributed by atoms with E-state index >= 15 is 0 Å². The number of methoxy groups -OCH3 is 1. The molecule has 1 aliphatic rings. The molecule has 4 aromatic rings. The summed E-state index contributed by atoms with van der Waals surface area (Å²) < 4.78 is 22.0. The highest BCUT2D eigenvalue weighted by atomic mass is 32.1. The second kappa shape index (κ2) is 8.15. The van der Waals surface area contributed by atoms with Crippen molar-refractivity contribution in [3.05, 3.63) is 82.6 Å². The Labute approximate surface area is 184 Å². The number of nitrogens with zero attached hydrogens (tertiary/aromatic N) is 3. The molecule has 0 spiro atoms. The van der Waals surface area contributed by atoms with Gasteiger partial charge in [0.25, 0.3) is 0 Å². The van der Waals surface area contributed by atoms with Gasteiger partial charge in [0.15, 0.2) is 5.13 Å². The zero-order valence-corrected chi connectivity index (χ0v) is 18.2. The Morgan fingerprint density at radius 2 is 2.10 bits per heavy atom. The summed E-state index contributed by atoms with van der Waals surface area (Å²) in [6.07, 6.45) is 6.61. The van der Waals surface area contributed by atoms with Crippen LogP contribution < -0.4 is 10.1 Å². The quantitative estimate of drug-likeness (QED) is 0.419. The maximum atomic E-state index is 14.7. The van der Waals surface area contributed by atoms with Gasteiger partial charge >= 0.3 is 0 Å². The Bertz CT molecular complexity index is 1230. The molecule has 1 atom stereocenters. The van der Waals surface area contributed by atoms with Gasteiger partial charge in [0.05, 0.1) is 30.5 Å². The van der Waals surface area contributed by atoms with Crippen molar-refractivity contribution >= 4 is 22.2 Å². The minimum absolute atomic E-state index is 0.218. The van der Waals surface area contributed by atoms with Crippen molar-refractivity contribution in [2.75, 3.05) is 12.4 Å². The van der Waals surface area contributed by atoms with Crippen LogP contribution in [0.5, 0.6) is 5.75 Å². The number of thiazole rings is 1. The average molecular weight is 435 g/mol. The number of anilines is 2. The van der Waals surface area contributed by atoms with Crippen LogP contribution in [0.15, 0.2) is 55.0 Å². The molecule has 1 aliphatic carbocycles. The first kappa shape index (κ1) is 19.8. The van der Waals surface area contributed by atoms with E-state index < -0.39 is 0 Å². The van der Waals surface area contributed by atoms with Gasteiger partial charge in [-0.2, -0.15) is 0 Å². The van der Waals surface area contributed by atoms with Crippen LogP contribution in [0, 0.1) is 12.7 Å². The lowest BCUT2D eigenvalue weighted by Gasteiger charge is -2.23. The highest BCUT2D eigenvalue weighted by Crippen LogP contribution is 2.43. The van der Waals surface area contributed by atoms with E-state index in [2.05, 4.69) is 16.4 Å². The van der Waals surface area contributed by atoms with Gasteiger partial charge in [-0.15, -0.1) is 11.3 Å². The van der Waals surface area contributed by atoms with Crippen molar-refractivity contribution in [1.29, 1.82) is 0 Å². The smallest absolute Gasteiger partial charge is 0.187 e. The van der Waals surface area contributed by atoms with E-state index in [1.165, 1.54) is 16.5 Å². The molecule has 1 unspecified atom stereocenters. The SMILES string of the molecule is COc1ccccc1C1CCCc2sc(Nc3ccc(-n4cnc(C)c4)c(F)c3)nc21. The summed E-state index contributed by atoms with van der Waals surface area (Å²) >= 11 is 1.65. The predicted molar refractivity (Wildman–Crippen MR) is 121 cm³/mol. The first-order valence-electron chi connectivity index (χ1n) is 10.3. The molecule has 31 heavy (non-hydrogen) atoms. The van der Waals surface area contributed by atoms with Crippen LogP contribution in [-0.4, -0.2) is 21.6 Å². The number of halogens is 1. The fourth-order valence-corrected chi connectivity index (χ4v) is 5.28. The van der Waals surface area contributed by atoms with Gasteiger partial charge in [-0.25, -0.2) is 14.4 Å². The van der Waals surface area contributed by atoms with E-state index in [1.54, 1.807) is 41.6 Å². The maximum absolute atomic E-state index is 14.7. The third-order valence-electron chi connectivity index (χ3n) is 5.66. The minimum Gasteiger partial charge on any atom is -0.496 e. The molecule has 7 heteroatoms. The Morgan fingerprint density at radius 3 is 2.87 bits per heavy atom. The van der Waals surface area contributed by atoms with E-state index in [4.69, 9.17) is 9.72 Å². The molecule has 0 amide bonds. The summed E-state index contributed by atoms with van der Waals surface area (Å²) in [6.45, 7) is 1.88. The second-order valence-corrected chi connectivity index (χ2v) is 8.81. The Morgan fingerprint density at radius 1 is 1.23 bits per heavy atom.